The van der Waals surface area contributed by atoms with Gasteiger partial charge in [-0.2, -0.15) is 5.10 Å². The van der Waals surface area contributed by atoms with Crippen LogP contribution in [-0.2, 0) is 11.3 Å². The third-order valence-electron chi connectivity index (χ3n) is 7.21. The van der Waals surface area contributed by atoms with Gasteiger partial charge in [-0.25, -0.2) is 0 Å². The fourth-order valence-electron chi connectivity index (χ4n) is 4.92. The summed E-state index contributed by atoms with van der Waals surface area (Å²) >= 11 is 0. The number of amides is 1. The molecule has 0 saturated heterocycles. The van der Waals surface area contributed by atoms with Crippen molar-refractivity contribution in [2.75, 3.05) is 20.2 Å². The van der Waals surface area contributed by atoms with Crippen molar-refractivity contribution >= 4 is 12.2 Å². The molecule has 1 aliphatic carbocycles. The Morgan fingerprint density at radius 1 is 1.11 bits per heavy atom. The van der Waals surface area contributed by atoms with Crippen LogP contribution < -0.4 is 10.1 Å². The quantitative estimate of drug-likeness (QED) is 0.283. The van der Waals surface area contributed by atoms with Crippen LogP contribution >= 0.6 is 0 Å². The lowest BCUT2D eigenvalue weighted by atomic mass is 9.98. The minimum atomic E-state index is -0.861. The van der Waals surface area contributed by atoms with E-state index in [0.717, 1.165) is 48.6 Å². The lowest BCUT2D eigenvalue weighted by Crippen LogP contribution is -2.57. The van der Waals surface area contributed by atoms with Gasteiger partial charge in [-0.3, -0.25) is 9.48 Å². The van der Waals surface area contributed by atoms with Crippen LogP contribution in [-0.4, -0.2) is 58.7 Å². The molecule has 1 aromatic heterocycles. The van der Waals surface area contributed by atoms with Gasteiger partial charge in [0, 0.05) is 18.2 Å². The monoisotopic (exact) mass is 496 g/mol. The van der Waals surface area contributed by atoms with Gasteiger partial charge < -0.3 is 19.7 Å². The van der Waals surface area contributed by atoms with Crippen molar-refractivity contribution in [2.24, 2.45) is 0 Å². The Morgan fingerprint density at radius 2 is 1.81 bits per heavy atom. The summed E-state index contributed by atoms with van der Waals surface area (Å²) in [7, 11) is 2.08. The Balaban J connectivity index is 0.000000338. The number of benzene rings is 1. The molecule has 0 spiro atoms. The molecule has 1 atom stereocenters. The number of aromatic nitrogens is 2. The third-order valence-corrected chi connectivity index (χ3v) is 7.21. The summed E-state index contributed by atoms with van der Waals surface area (Å²) < 4.78 is 7.35. The van der Waals surface area contributed by atoms with Crippen LogP contribution in [0.25, 0.3) is 11.3 Å². The fourth-order valence-corrected chi connectivity index (χ4v) is 4.92. The molecule has 1 saturated carbocycles. The van der Waals surface area contributed by atoms with Crippen molar-refractivity contribution in [1.29, 1.82) is 0 Å². The van der Waals surface area contributed by atoms with Gasteiger partial charge in [0.05, 0.1) is 18.8 Å². The Labute approximate surface area is 216 Å². The lowest BCUT2D eigenvalue weighted by Gasteiger charge is -2.40. The van der Waals surface area contributed by atoms with Gasteiger partial charge >= 0.3 is 0 Å². The number of hydrogen-bond donors (Lipinski definition) is 1. The normalized spacial score (nSPS) is 20.2. The number of fused-ring (bicyclic) bond motifs is 1. The molecule has 1 amide bonds. The number of unbranched alkanes of at least 4 members (excludes halogenated alkanes) is 1. The first-order valence-electron chi connectivity index (χ1n) is 13.7. The van der Waals surface area contributed by atoms with E-state index in [2.05, 4.69) is 24.4 Å². The van der Waals surface area contributed by atoms with Crippen molar-refractivity contribution in [1.82, 2.24) is 20.0 Å². The van der Waals surface area contributed by atoms with Crippen LogP contribution in [0.1, 0.15) is 89.0 Å². The summed E-state index contributed by atoms with van der Waals surface area (Å²) in [4.78, 5) is 26.3. The van der Waals surface area contributed by atoms with E-state index in [1.54, 1.807) is 16.5 Å². The van der Waals surface area contributed by atoms with Gasteiger partial charge in [0.1, 0.15) is 23.3 Å². The van der Waals surface area contributed by atoms with Crippen molar-refractivity contribution in [3.8, 4) is 17.0 Å². The predicted molar refractivity (Wildman–Crippen MR) is 144 cm³/mol. The number of rotatable bonds is 9. The molecule has 7 heteroatoms. The highest BCUT2D eigenvalue weighted by atomic mass is 16.5. The van der Waals surface area contributed by atoms with Crippen LogP contribution in [0.3, 0.4) is 0 Å². The molecule has 1 aromatic carbocycles. The molecule has 1 N–H and O–H groups in total. The molecule has 2 aliphatic rings. The molecule has 0 radical (unpaired) electrons. The average molecular weight is 497 g/mol. The summed E-state index contributed by atoms with van der Waals surface area (Å²) in [5.74, 6) is 0.686. The lowest BCUT2D eigenvalue weighted by molar-refractivity contribution is -0.118. The Bertz CT molecular complexity index is 963. The Kier molecular flexibility index (Phi) is 10.5. The molecule has 0 bridgehead atoms. The largest absolute Gasteiger partial charge is 0.494 e. The summed E-state index contributed by atoms with van der Waals surface area (Å²) in [5.41, 5.74) is 1.31. The summed E-state index contributed by atoms with van der Waals surface area (Å²) in [6.45, 7) is 7.56. The van der Waals surface area contributed by atoms with Crippen molar-refractivity contribution < 1.29 is 14.3 Å². The Hall–Kier alpha value is -2.67. The van der Waals surface area contributed by atoms with Crippen LogP contribution in [0.15, 0.2) is 30.3 Å². The molecule has 1 unspecified atom stereocenters. The SMILES string of the molecule is CCCCOc1ccc(-c2cc3n(n2)CC(C)(C=O)N(CCC)C3=O)cc1.CNC1CCCCCC1. The molecule has 2 heterocycles. The minimum Gasteiger partial charge on any atom is -0.494 e. The molecular weight excluding hydrogens is 452 g/mol. The van der Waals surface area contributed by atoms with Crippen molar-refractivity contribution in [2.45, 2.75) is 96.7 Å². The highest BCUT2D eigenvalue weighted by Gasteiger charge is 2.42. The number of hydrogen-bond acceptors (Lipinski definition) is 5. The summed E-state index contributed by atoms with van der Waals surface area (Å²) in [6, 6.07) is 10.4. The van der Waals surface area contributed by atoms with E-state index in [0.29, 0.717) is 25.4 Å². The van der Waals surface area contributed by atoms with E-state index >= 15 is 0 Å². The van der Waals surface area contributed by atoms with E-state index in [4.69, 9.17) is 4.74 Å². The zero-order chi connectivity index (χ0) is 26.0. The minimum absolute atomic E-state index is 0.143. The number of carbonyl (C=O) groups excluding carboxylic acids is 2. The van der Waals surface area contributed by atoms with Gasteiger partial charge in [0.25, 0.3) is 5.91 Å². The maximum Gasteiger partial charge on any atom is 0.273 e. The number of aldehydes is 1. The Morgan fingerprint density at radius 3 is 2.39 bits per heavy atom. The molecular formula is C29H44N4O3. The van der Waals surface area contributed by atoms with Crippen molar-refractivity contribution in [3.63, 3.8) is 0 Å². The molecule has 7 nitrogen and oxygen atoms in total. The van der Waals surface area contributed by atoms with Gasteiger partial charge in [-0.15, -0.1) is 0 Å². The fraction of sp³-hybridized carbons (Fsp3) is 0.621. The standard InChI is InChI=1S/C21H27N3O3.C8H17N/c1-4-6-12-27-17-9-7-16(8-10-17)18-13-19-20(26)23(11-5-2)21(3,15-25)14-24(19)22-18;1-9-8-6-4-2-3-5-7-8/h7-10,13,15H,4-6,11-12,14H2,1-3H3;8-9H,2-7H2,1H3. The zero-order valence-corrected chi connectivity index (χ0v) is 22.6. The smallest absolute Gasteiger partial charge is 0.273 e. The van der Waals surface area contributed by atoms with Crippen molar-refractivity contribution in [3.05, 3.63) is 36.0 Å². The zero-order valence-electron chi connectivity index (χ0n) is 22.6. The topological polar surface area (TPSA) is 76.5 Å². The molecule has 198 valence electrons. The maximum absolute atomic E-state index is 12.9. The molecule has 1 aliphatic heterocycles. The van der Waals surface area contributed by atoms with Crippen LogP contribution in [0, 0.1) is 0 Å². The number of nitrogens with zero attached hydrogens (tertiary/aromatic N) is 3. The highest BCUT2D eigenvalue weighted by Crippen LogP contribution is 2.29. The number of carbonyl (C=O) groups is 2. The van der Waals surface area contributed by atoms with E-state index in [1.165, 1.54) is 38.5 Å². The summed E-state index contributed by atoms with van der Waals surface area (Å²) in [5, 5.41) is 7.93. The molecule has 2 aromatic rings. The number of nitrogens with one attached hydrogen (secondary N) is 1. The maximum atomic E-state index is 12.9. The van der Waals surface area contributed by atoms with E-state index in [9.17, 15) is 9.59 Å². The molecule has 1 fully saturated rings. The van der Waals surface area contributed by atoms with Gasteiger partial charge in [-0.1, -0.05) is 46.0 Å². The molecule has 4 rings (SSSR count). The third kappa shape index (κ3) is 6.96. The first-order valence-corrected chi connectivity index (χ1v) is 13.7. The number of ether oxygens (including phenoxy) is 1. The van der Waals surface area contributed by atoms with Gasteiger partial charge in [-0.05, 0) is 70.0 Å². The van der Waals surface area contributed by atoms with E-state index < -0.39 is 5.54 Å². The first kappa shape index (κ1) is 27.9. The first-order chi connectivity index (χ1) is 17.5. The second-order valence-corrected chi connectivity index (χ2v) is 10.2. The second kappa shape index (κ2) is 13.6. The second-order valence-electron chi connectivity index (χ2n) is 10.2. The van der Waals surface area contributed by atoms with Crippen LogP contribution in [0.5, 0.6) is 5.75 Å². The van der Waals surface area contributed by atoms with Crippen LogP contribution in [0.2, 0.25) is 0 Å². The average Bonchev–Trinajstić information content (AvgIpc) is 3.13. The van der Waals surface area contributed by atoms with E-state index in [1.807, 2.05) is 37.3 Å². The molecule has 36 heavy (non-hydrogen) atoms. The van der Waals surface area contributed by atoms with E-state index in [-0.39, 0.29) is 5.91 Å². The van der Waals surface area contributed by atoms with Gasteiger partial charge in [0.15, 0.2) is 0 Å². The highest BCUT2D eigenvalue weighted by molar-refractivity contribution is 5.97. The van der Waals surface area contributed by atoms with Crippen LogP contribution in [0.4, 0.5) is 0 Å². The van der Waals surface area contributed by atoms with Gasteiger partial charge in [0.2, 0.25) is 0 Å². The summed E-state index contributed by atoms with van der Waals surface area (Å²) in [6.07, 6.45) is 12.4. The predicted octanol–water partition coefficient (Wildman–Crippen LogP) is 5.48.